The molecule has 0 spiro atoms. The van der Waals surface area contributed by atoms with Gasteiger partial charge in [-0.3, -0.25) is 9.36 Å². The highest BCUT2D eigenvalue weighted by Gasteiger charge is 2.20. The van der Waals surface area contributed by atoms with Crippen LogP contribution >= 0.6 is 7.60 Å². The molecule has 0 aromatic carbocycles. The summed E-state index contributed by atoms with van der Waals surface area (Å²) in [6, 6.07) is 0. The lowest BCUT2D eigenvalue weighted by atomic mass is 9.98. The van der Waals surface area contributed by atoms with Gasteiger partial charge in [-0.25, -0.2) is 0 Å². The quantitative estimate of drug-likeness (QED) is 0.649. The molecule has 0 heterocycles. The average Bonchev–Trinajstić information content (AvgIpc) is 1.96. The SMILES string of the molecule is CCC(CC)CC(=O)CP(=O)(O)O. The van der Waals surface area contributed by atoms with Crippen LogP contribution in [-0.2, 0) is 9.36 Å². The van der Waals surface area contributed by atoms with Crippen LogP contribution in [0.1, 0.15) is 33.1 Å². The normalized spacial score (nSPS) is 12.1. The first-order chi connectivity index (χ1) is 5.89. The van der Waals surface area contributed by atoms with E-state index >= 15 is 0 Å². The van der Waals surface area contributed by atoms with Crippen molar-refractivity contribution in [3.63, 3.8) is 0 Å². The number of ketones is 1. The first kappa shape index (κ1) is 12.8. The molecular weight excluding hydrogens is 191 g/mol. The Labute approximate surface area is 78.5 Å². The van der Waals surface area contributed by atoms with Gasteiger partial charge in [-0.05, 0) is 5.92 Å². The Bertz CT molecular complexity index is 204. The summed E-state index contributed by atoms with van der Waals surface area (Å²) in [5.41, 5.74) is 0. The van der Waals surface area contributed by atoms with Gasteiger partial charge in [0.25, 0.3) is 0 Å². The Morgan fingerprint density at radius 3 is 2.08 bits per heavy atom. The standard InChI is InChI=1S/C8H17O4P/c1-3-7(4-2)5-8(9)6-13(10,11)12/h7H,3-6H2,1-2H3,(H2,10,11,12). The van der Waals surface area contributed by atoms with E-state index in [0.29, 0.717) is 0 Å². The lowest BCUT2D eigenvalue weighted by Gasteiger charge is -2.10. The Morgan fingerprint density at radius 2 is 1.77 bits per heavy atom. The fraction of sp³-hybridized carbons (Fsp3) is 0.875. The molecule has 0 unspecified atom stereocenters. The van der Waals surface area contributed by atoms with Crippen LogP contribution in [0.25, 0.3) is 0 Å². The van der Waals surface area contributed by atoms with Crippen molar-refractivity contribution >= 4 is 13.4 Å². The van der Waals surface area contributed by atoms with Crippen molar-refractivity contribution in [2.24, 2.45) is 5.92 Å². The highest BCUT2D eigenvalue weighted by atomic mass is 31.2. The summed E-state index contributed by atoms with van der Waals surface area (Å²) in [5, 5.41) is 0. The zero-order valence-corrected chi connectivity index (χ0v) is 8.96. The first-order valence-corrected chi connectivity index (χ1v) is 6.25. The van der Waals surface area contributed by atoms with Gasteiger partial charge in [0.15, 0.2) is 0 Å². The highest BCUT2D eigenvalue weighted by Crippen LogP contribution is 2.34. The highest BCUT2D eigenvalue weighted by molar-refractivity contribution is 7.52. The third-order valence-electron chi connectivity index (χ3n) is 2.05. The number of hydrogen-bond donors (Lipinski definition) is 2. The Hall–Kier alpha value is -0.180. The molecule has 0 aromatic heterocycles. The smallest absolute Gasteiger partial charge is 0.324 e. The minimum atomic E-state index is -4.15. The third-order valence-corrected chi connectivity index (χ3v) is 2.82. The van der Waals surface area contributed by atoms with Gasteiger partial charge >= 0.3 is 7.60 Å². The first-order valence-electron chi connectivity index (χ1n) is 4.45. The Kier molecular flexibility index (Phi) is 5.45. The third kappa shape index (κ3) is 6.94. The van der Waals surface area contributed by atoms with Crippen LogP contribution in [0.2, 0.25) is 0 Å². The lowest BCUT2D eigenvalue weighted by Crippen LogP contribution is -2.11. The van der Waals surface area contributed by atoms with Gasteiger partial charge in [0.05, 0.1) is 0 Å². The fourth-order valence-corrected chi connectivity index (χ4v) is 1.78. The summed E-state index contributed by atoms with van der Waals surface area (Å²) in [5.74, 6) is -0.0684. The lowest BCUT2D eigenvalue weighted by molar-refractivity contribution is -0.117. The molecule has 78 valence electrons. The molecule has 0 amide bonds. The van der Waals surface area contributed by atoms with E-state index in [1.54, 1.807) is 0 Å². The van der Waals surface area contributed by atoms with Gasteiger partial charge in [-0.1, -0.05) is 26.7 Å². The van der Waals surface area contributed by atoms with Gasteiger partial charge in [0.1, 0.15) is 11.9 Å². The van der Waals surface area contributed by atoms with E-state index in [1.807, 2.05) is 13.8 Å². The molecule has 0 radical (unpaired) electrons. The molecule has 0 aliphatic carbocycles. The van der Waals surface area contributed by atoms with Crippen LogP contribution < -0.4 is 0 Å². The van der Waals surface area contributed by atoms with Crippen molar-refractivity contribution in [1.29, 1.82) is 0 Å². The minimum absolute atomic E-state index is 0.263. The largest absolute Gasteiger partial charge is 0.332 e. The molecule has 4 nitrogen and oxygen atoms in total. The van der Waals surface area contributed by atoms with Gasteiger partial charge in [0.2, 0.25) is 0 Å². The predicted octanol–water partition coefficient (Wildman–Crippen LogP) is 1.56. The van der Waals surface area contributed by atoms with Gasteiger partial charge in [-0.2, -0.15) is 0 Å². The van der Waals surface area contributed by atoms with Crippen molar-refractivity contribution in [3.05, 3.63) is 0 Å². The molecule has 0 aliphatic heterocycles. The van der Waals surface area contributed by atoms with E-state index in [4.69, 9.17) is 9.79 Å². The molecular formula is C8H17O4P. The number of carbonyl (C=O) groups is 1. The van der Waals surface area contributed by atoms with Gasteiger partial charge in [0, 0.05) is 6.42 Å². The van der Waals surface area contributed by atoms with E-state index in [2.05, 4.69) is 0 Å². The van der Waals surface area contributed by atoms with E-state index in [9.17, 15) is 9.36 Å². The molecule has 13 heavy (non-hydrogen) atoms. The second-order valence-electron chi connectivity index (χ2n) is 3.25. The maximum atomic E-state index is 11.1. The molecule has 0 saturated carbocycles. The Balaban J connectivity index is 3.94. The topological polar surface area (TPSA) is 74.6 Å². The number of Topliss-reactive ketones (excluding diaryl/α,β-unsaturated/α-hetero) is 1. The van der Waals surface area contributed by atoms with Crippen molar-refractivity contribution in [2.45, 2.75) is 33.1 Å². The maximum Gasteiger partial charge on any atom is 0.332 e. The molecule has 5 heteroatoms. The minimum Gasteiger partial charge on any atom is -0.324 e. The number of hydrogen-bond acceptors (Lipinski definition) is 2. The molecule has 2 N–H and O–H groups in total. The van der Waals surface area contributed by atoms with Crippen molar-refractivity contribution < 1.29 is 19.1 Å². The van der Waals surface area contributed by atoms with Crippen LogP contribution in [0.5, 0.6) is 0 Å². The van der Waals surface area contributed by atoms with E-state index in [0.717, 1.165) is 12.8 Å². The molecule has 0 aromatic rings. The monoisotopic (exact) mass is 208 g/mol. The molecule has 0 bridgehead atoms. The molecule has 0 fully saturated rings. The summed E-state index contributed by atoms with van der Waals surface area (Å²) in [7, 11) is -4.15. The number of carbonyl (C=O) groups excluding carboxylic acids is 1. The maximum absolute atomic E-state index is 11.1. The second-order valence-corrected chi connectivity index (χ2v) is 4.89. The van der Waals surface area contributed by atoms with Crippen LogP contribution in [-0.4, -0.2) is 21.7 Å². The summed E-state index contributed by atoms with van der Waals surface area (Å²) < 4.78 is 10.5. The van der Waals surface area contributed by atoms with Crippen molar-refractivity contribution in [1.82, 2.24) is 0 Å². The number of rotatable bonds is 6. The van der Waals surface area contributed by atoms with Crippen molar-refractivity contribution in [3.8, 4) is 0 Å². The zero-order valence-electron chi connectivity index (χ0n) is 8.06. The van der Waals surface area contributed by atoms with Crippen LogP contribution in [0.4, 0.5) is 0 Å². The molecule has 0 saturated heterocycles. The summed E-state index contributed by atoms with van der Waals surface area (Å²) in [6.45, 7) is 3.94. The fourth-order valence-electron chi connectivity index (χ4n) is 1.19. The summed E-state index contributed by atoms with van der Waals surface area (Å²) >= 11 is 0. The van der Waals surface area contributed by atoms with E-state index in [-0.39, 0.29) is 18.1 Å². The van der Waals surface area contributed by atoms with E-state index < -0.39 is 13.8 Å². The van der Waals surface area contributed by atoms with Gasteiger partial charge in [-0.15, -0.1) is 0 Å². The van der Waals surface area contributed by atoms with E-state index in [1.165, 1.54) is 0 Å². The predicted molar refractivity (Wildman–Crippen MR) is 50.6 cm³/mol. The van der Waals surface area contributed by atoms with Crippen LogP contribution in [0, 0.1) is 5.92 Å². The molecule has 0 atom stereocenters. The average molecular weight is 208 g/mol. The van der Waals surface area contributed by atoms with Crippen LogP contribution in [0.3, 0.4) is 0 Å². The van der Waals surface area contributed by atoms with Crippen molar-refractivity contribution in [2.75, 3.05) is 6.16 Å². The molecule has 0 aliphatic rings. The zero-order chi connectivity index (χ0) is 10.5. The second kappa shape index (κ2) is 5.53. The molecule has 0 rings (SSSR count). The van der Waals surface area contributed by atoms with Crippen LogP contribution in [0.15, 0.2) is 0 Å². The Morgan fingerprint density at radius 1 is 1.31 bits per heavy atom. The van der Waals surface area contributed by atoms with Gasteiger partial charge < -0.3 is 9.79 Å². The summed E-state index contributed by atoms with van der Waals surface area (Å²) in [6.07, 6.45) is 1.44. The summed E-state index contributed by atoms with van der Waals surface area (Å²) in [4.78, 5) is 28.2.